The van der Waals surface area contributed by atoms with Crippen LogP contribution < -0.4 is 5.32 Å². The summed E-state index contributed by atoms with van der Waals surface area (Å²) in [4.78, 5) is 6.88. The van der Waals surface area contributed by atoms with Gasteiger partial charge in [-0.1, -0.05) is 19.3 Å². The lowest BCUT2D eigenvalue weighted by molar-refractivity contribution is 0.0512. The fourth-order valence-corrected chi connectivity index (χ4v) is 3.52. The Bertz CT molecular complexity index is 423. The Morgan fingerprint density at radius 2 is 2.21 bits per heavy atom. The highest BCUT2D eigenvalue weighted by molar-refractivity contribution is 5.00. The van der Waals surface area contributed by atoms with Gasteiger partial charge in [-0.15, -0.1) is 0 Å². The molecular formula is C15H25N3O. The molecular weight excluding hydrogens is 238 g/mol. The number of hydrogen-bond acceptors (Lipinski definition) is 4. The normalized spacial score (nSPS) is 27.8. The lowest BCUT2D eigenvalue weighted by Crippen LogP contribution is -2.63. The largest absolute Gasteiger partial charge is 0.445 e. The Balaban J connectivity index is 1.68. The maximum absolute atomic E-state index is 5.64. The van der Waals surface area contributed by atoms with Crippen molar-refractivity contribution in [3.05, 3.63) is 17.8 Å². The molecule has 4 heteroatoms. The van der Waals surface area contributed by atoms with Crippen molar-refractivity contribution in [1.82, 2.24) is 15.2 Å². The van der Waals surface area contributed by atoms with Crippen molar-refractivity contribution in [1.29, 1.82) is 0 Å². The van der Waals surface area contributed by atoms with Crippen LogP contribution >= 0.6 is 0 Å². The molecule has 1 aromatic rings. The second-order valence-corrected chi connectivity index (χ2v) is 6.34. The van der Waals surface area contributed by atoms with Gasteiger partial charge in [-0.3, -0.25) is 4.90 Å². The van der Waals surface area contributed by atoms with Crippen LogP contribution in [0.4, 0.5) is 0 Å². The van der Waals surface area contributed by atoms with E-state index in [0.29, 0.717) is 11.6 Å². The summed E-state index contributed by atoms with van der Waals surface area (Å²) in [6.45, 7) is 7.31. The zero-order chi connectivity index (χ0) is 13.3. The third kappa shape index (κ3) is 2.84. The molecule has 1 aromatic heterocycles. The molecule has 106 valence electrons. The van der Waals surface area contributed by atoms with Gasteiger partial charge in [-0.05, 0) is 26.7 Å². The first-order valence-corrected chi connectivity index (χ1v) is 7.57. The van der Waals surface area contributed by atoms with E-state index in [-0.39, 0.29) is 0 Å². The van der Waals surface area contributed by atoms with Crippen molar-refractivity contribution >= 4 is 0 Å². The number of rotatable bonds is 2. The highest BCUT2D eigenvalue weighted by atomic mass is 16.4. The summed E-state index contributed by atoms with van der Waals surface area (Å²) in [7, 11) is 0. The fraction of sp³-hybridized carbons (Fsp3) is 0.800. The molecule has 19 heavy (non-hydrogen) atoms. The molecule has 1 unspecified atom stereocenters. The summed E-state index contributed by atoms with van der Waals surface area (Å²) in [5.74, 6) is 1.77. The van der Waals surface area contributed by atoms with Crippen LogP contribution in [0.2, 0.25) is 0 Å². The van der Waals surface area contributed by atoms with Crippen molar-refractivity contribution in [3.63, 3.8) is 0 Å². The average molecular weight is 263 g/mol. The summed E-state index contributed by atoms with van der Waals surface area (Å²) < 4.78 is 5.64. The molecule has 0 amide bonds. The molecule has 1 N–H and O–H groups in total. The highest BCUT2D eigenvalue weighted by Crippen LogP contribution is 2.32. The Labute approximate surface area is 115 Å². The predicted octanol–water partition coefficient (Wildman–Crippen LogP) is 2.48. The molecule has 1 aliphatic heterocycles. The summed E-state index contributed by atoms with van der Waals surface area (Å²) >= 11 is 0. The Morgan fingerprint density at radius 1 is 1.42 bits per heavy atom. The van der Waals surface area contributed by atoms with Crippen molar-refractivity contribution < 1.29 is 4.42 Å². The van der Waals surface area contributed by atoms with Crippen LogP contribution in [0.25, 0.3) is 0 Å². The van der Waals surface area contributed by atoms with Gasteiger partial charge in [0.25, 0.3) is 0 Å². The molecule has 1 aliphatic carbocycles. The second-order valence-electron chi connectivity index (χ2n) is 6.34. The van der Waals surface area contributed by atoms with Crippen LogP contribution in [0.1, 0.15) is 50.7 Å². The topological polar surface area (TPSA) is 41.3 Å². The highest BCUT2D eigenvalue weighted by Gasteiger charge is 2.38. The number of oxazole rings is 1. The van der Waals surface area contributed by atoms with Gasteiger partial charge >= 0.3 is 0 Å². The molecule has 1 atom stereocenters. The zero-order valence-corrected chi connectivity index (χ0v) is 12.1. The molecule has 0 radical (unpaired) electrons. The third-order valence-electron chi connectivity index (χ3n) is 4.72. The molecule has 2 heterocycles. The van der Waals surface area contributed by atoms with E-state index in [9.17, 15) is 0 Å². The van der Waals surface area contributed by atoms with Gasteiger partial charge < -0.3 is 9.73 Å². The predicted molar refractivity (Wildman–Crippen MR) is 74.9 cm³/mol. The van der Waals surface area contributed by atoms with Gasteiger partial charge in [0.05, 0.1) is 12.7 Å². The molecule has 1 saturated heterocycles. The van der Waals surface area contributed by atoms with Crippen molar-refractivity contribution in [2.75, 3.05) is 13.1 Å². The maximum Gasteiger partial charge on any atom is 0.208 e. The number of aryl methyl sites for hydroxylation is 1. The minimum Gasteiger partial charge on any atom is -0.445 e. The van der Waals surface area contributed by atoms with Crippen LogP contribution in [0.5, 0.6) is 0 Å². The molecule has 3 rings (SSSR count). The van der Waals surface area contributed by atoms with E-state index < -0.39 is 0 Å². The number of nitrogens with one attached hydrogen (secondary N) is 1. The average Bonchev–Trinajstić information content (AvgIpc) is 2.81. The molecule has 4 nitrogen and oxygen atoms in total. The van der Waals surface area contributed by atoms with Gasteiger partial charge in [-0.25, -0.2) is 4.98 Å². The quantitative estimate of drug-likeness (QED) is 0.890. The van der Waals surface area contributed by atoms with Gasteiger partial charge in [-0.2, -0.15) is 0 Å². The number of nitrogens with zero attached hydrogens (tertiary/aromatic N) is 2. The van der Waals surface area contributed by atoms with Crippen molar-refractivity contribution in [3.8, 4) is 0 Å². The molecule has 0 bridgehead atoms. The molecule has 1 spiro atoms. The van der Waals surface area contributed by atoms with Gasteiger partial charge in [0.2, 0.25) is 5.89 Å². The molecule has 0 aromatic carbocycles. The first-order chi connectivity index (χ1) is 9.17. The van der Waals surface area contributed by atoms with Crippen LogP contribution in [-0.4, -0.2) is 34.6 Å². The van der Waals surface area contributed by atoms with Gasteiger partial charge in [0, 0.05) is 24.7 Å². The van der Waals surface area contributed by atoms with Crippen molar-refractivity contribution in [2.24, 2.45) is 0 Å². The minimum absolute atomic E-state index is 0.354. The summed E-state index contributed by atoms with van der Waals surface area (Å²) in [5, 5.41) is 3.81. The monoisotopic (exact) mass is 263 g/mol. The smallest absolute Gasteiger partial charge is 0.208 e. The van der Waals surface area contributed by atoms with E-state index in [1.54, 1.807) is 0 Å². The van der Waals surface area contributed by atoms with E-state index in [1.807, 2.05) is 13.1 Å². The van der Waals surface area contributed by atoms with Crippen LogP contribution in [-0.2, 0) is 6.54 Å². The van der Waals surface area contributed by atoms with E-state index in [2.05, 4.69) is 22.1 Å². The summed E-state index contributed by atoms with van der Waals surface area (Å²) in [6.07, 6.45) is 8.60. The van der Waals surface area contributed by atoms with Gasteiger partial charge in [0.15, 0.2) is 0 Å². The standard InChI is InChI=1S/C15H25N3O/c1-12-8-17-15(6-4-3-5-7-15)11-18(12)10-14-16-9-13(2)19-14/h9,12,17H,3-8,10-11H2,1-2H3. The first kappa shape index (κ1) is 13.1. The SMILES string of the molecule is Cc1cnc(CN2CC3(CCCCC3)NCC2C)o1. The Kier molecular flexibility index (Phi) is 3.63. The lowest BCUT2D eigenvalue weighted by atomic mass is 9.79. The Hall–Kier alpha value is -0.870. The first-order valence-electron chi connectivity index (χ1n) is 7.57. The zero-order valence-electron chi connectivity index (χ0n) is 12.1. The van der Waals surface area contributed by atoms with Crippen molar-refractivity contribution in [2.45, 2.75) is 64.1 Å². The second kappa shape index (κ2) is 5.25. The molecule has 1 saturated carbocycles. The minimum atomic E-state index is 0.354. The summed E-state index contributed by atoms with van der Waals surface area (Å²) in [5.41, 5.74) is 0.354. The van der Waals surface area contributed by atoms with Crippen LogP contribution in [0.3, 0.4) is 0 Å². The lowest BCUT2D eigenvalue weighted by Gasteiger charge is -2.48. The van der Waals surface area contributed by atoms with Crippen LogP contribution in [0.15, 0.2) is 10.6 Å². The number of aromatic nitrogens is 1. The van der Waals surface area contributed by atoms with E-state index >= 15 is 0 Å². The third-order valence-corrected chi connectivity index (χ3v) is 4.72. The Morgan fingerprint density at radius 3 is 2.89 bits per heavy atom. The van der Waals surface area contributed by atoms with E-state index in [1.165, 1.54) is 32.1 Å². The van der Waals surface area contributed by atoms with E-state index in [0.717, 1.165) is 31.3 Å². The van der Waals surface area contributed by atoms with Gasteiger partial charge in [0.1, 0.15) is 5.76 Å². The molecule has 2 fully saturated rings. The van der Waals surface area contributed by atoms with Crippen LogP contribution in [0, 0.1) is 6.92 Å². The number of hydrogen-bond donors (Lipinski definition) is 1. The van der Waals surface area contributed by atoms with E-state index in [4.69, 9.17) is 4.42 Å². The summed E-state index contributed by atoms with van der Waals surface area (Å²) in [6, 6.07) is 0.555. The number of piperazine rings is 1. The maximum atomic E-state index is 5.64. The molecule has 2 aliphatic rings. The fourth-order valence-electron chi connectivity index (χ4n) is 3.52.